The molecule has 0 N–H and O–H groups in total. The number of para-hydroxylation sites is 2. The van der Waals surface area contributed by atoms with E-state index in [0.717, 1.165) is 11.4 Å². The largest absolute Gasteiger partial charge is 0.309 e. The average molecular weight is 811 g/mol. The van der Waals surface area contributed by atoms with Crippen molar-refractivity contribution < 1.29 is 0 Å². The molecule has 0 saturated heterocycles. The summed E-state index contributed by atoms with van der Waals surface area (Å²) in [7, 11) is 0. The summed E-state index contributed by atoms with van der Waals surface area (Å²) >= 11 is 0. The maximum absolute atomic E-state index is 2.46. The number of hydrogen-bond donors (Lipinski definition) is 0. The van der Waals surface area contributed by atoms with Crippen LogP contribution in [0.3, 0.4) is 0 Å². The van der Waals surface area contributed by atoms with Crippen molar-refractivity contribution in [1.29, 1.82) is 0 Å². The van der Waals surface area contributed by atoms with Gasteiger partial charge in [-0.3, -0.25) is 0 Å². The molecule has 0 radical (unpaired) electrons. The first-order chi connectivity index (χ1) is 31.8. The molecular formula is C62H38N2. The Kier molecular flexibility index (Phi) is 7.43. The van der Waals surface area contributed by atoms with Gasteiger partial charge in [0.15, 0.2) is 0 Å². The van der Waals surface area contributed by atoms with Crippen LogP contribution in [0.5, 0.6) is 0 Å². The molecule has 64 heavy (non-hydrogen) atoms. The average Bonchev–Trinajstić information content (AvgIpc) is 4.00. The highest BCUT2D eigenvalue weighted by Crippen LogP contribution is 2.50. The second-order valence-electron chi connectivity index (χ2n) is 17.2. The van der Waals surface area contributed by atoms with Gasteiger partial charge in [-0.15, -0.1) is 0 Å². The van der Waals surface area contributed by atoms with Crippen LogP contribution in [0.4, 0.5) is 0 Å². The minimum absolute atomic E-state index is 1.14. The van der Waals surface area contributed by atoms with Crippen LogP contribution < -0.4 is 0 Å². The number of fused-ring (bicyclic) bond motifs is 11. The summed E-state index contributed by atoms with van der Waals surface area (Å²) in [6.45, 7) is 0. The number of benzene rings is 11. The minimum Gasteiger partial charge on any atom is -0.309 e. The third-order valence-corrected chi connectivity index (χ3v) is 13.9. The molecule has 1 aliphatic rings. The lowest BCUT2D eigenvalue weighted by molar-refractivity contribution is 1.18. The molecule has 2 aromatic heterocycles. The maximum Gasteiger partial charge on any atom is 0.0619 e. The van der Waals surface area contributed by atoms with E-state index in [2.05, 4.69) is 240 Å². The Labute approximate surface area is 370 Å². The molecule has 11 aromatic carbocycles. The van der Waals surface area contributed by atoms with Gasteiger partial charge >= 0.3 is 0 Å². The van der Waals surface area contributed by atoms with Crippen LogP contribution in [0.15, 0.2) is 231 Å². The van der Waals surface area contributed by atoms with Gasteiger partial charge in [-0.05, 0) is 114 Å². The third kappa shape index (κ3) is 5.02. The fourth-order valence-electron chi connectivity index (χ4n) is 11.1. The van der Waals surface area contributed by atoms with Crippen molar-refractivity contribution in [2.45, 2.75) is 0 Å². The van der Waals surface area contributed by atoms with Crippen LogP contribution >= 0.6 is 0 Å². The molecule has 0 saturated carbocycles. The molecule has 14 rings (SSSR count). The molecule has 2 nitrogen and oxygen atoms in total. The highest BCUT2D eigenvalue weighted by atomic mass is 15.0. The lowest BCUT2D eigenvalue weighted by Crippen LogP contribution is -1.95. The fraction of sp³-hybridized carbons (Fsp3) is 0. The molecule has 0 bridgehead atoms. The van der Waals surface area contributed by atoms with Gasteiger partial charge in [-0.2, -0.15) is 0 Å². The van der Waals surface area contributed by atoms with Gasteiger partial charge in [0.2, 0.25) is 0 Å². The predicted octanol–water partition coefficient (Wildman–Crippen LogP) is 16.8. The summed E-state index contributed by atoms with van der Waals surface area (Å²) in [6, 6.07) is 85.3. The van der Waals surface area contributed by atoms with E-state index in [1.807, 2.05) is 0 Å². The SMILES string of the molecule is c1ccc(-n2c3cc(-c4ccc5c6ccccc6n(-c6cccc(-c7ccccc7-c7ccc8c9c(cccc79)-c7ccccc7-8)c6)c5c4)ccc3c3ccc4ccccc4c32)cc1. The molecule has 0 fully saturated rings. The van der Waals surface area contributed by atoms with Crippen LogP contribution in [0.2, 0.25) is 0 Å². The zero-order valence-corrected chi connectivity index (χ0v) is 34.8. The van der Waals surface area contributed by atoms with E-state index in [0.29, 0.717) is 0 Å². The second-order valence-corrected chi connectivity index (χ2v) is 17.2. The first-order valence-electron chi connectivity index (χ1n) is 22.2. The molecule has 1 aliphatic carbocycles. The van der Waals surface area contributed by atoms with E-state index >= 15 is 0 Å². The highest BCUT2D eigenvalue weighted by Gasteiger charge is 2.24. The predicted molar refractivity (Wildman–Crippen MR) is 271 cm³/mol. The van der Waals surface area contributed by atoms with Crippen molar-refractivity contribution >= 4 is 65.2 Å². The van der Waals surface area contributed by atoms with Gasteiger partial charge in [0, 0.05) is 38.3 Å². The smallest absolute Gasteiger partial charge is 0.0619 e. The Balaban J connectivity index is 0.938. The topological polar surface area (TPSA) is 9.86 Å². The quantitative estimate of drug-likeness (QED) is 0.164. The number of rotatable bonds is 5. The summed E-state index contributed by atoms with van der Waals surface area (Å²) < 4.78 is 4.92. The second kappa shape index (κ2) is 13.5. The Hall–Kier alpha value is -8.46. The zero-order chi connectivity index (χ0) is 41.9. The molecular weight excluding hydrogens is 773 g/mol. The molecule has 0 amide bonds. The third-order valence-electron chi connectivity index (χ3n) is 13.9. The maximum atomic E-state index is 2.46. The number of aromatic nitrogens is 2. The standard InChI is InChI=1S/C62H38N2/c1-2-16-43(17-3-1)64-60-38-41(30-32-53(60)57-33-28-39-14-4-5-20-46(39)62(57)64)40-29-31-52-51-24-10-11-27-58(51)63(59(52)37-40)44-18-12-15-42(36-44)45-19-6-7-21-47(45)50-34-35-56-49-23-9-8-22-48(49)54-25-13-26-55(50)61(54)56/h1-38H. The molecule has 0 unspecified atom stereocenters. The van der Waals surface area contributed by atoms with Crippen LogP contribution in [0.1, 0.15) is 0 Å². The van der Waals surface area contributed by atoms with Crippen LogP contribution in [0, 0.1) is 0 Å². The molecule has 0 spiro atoms. The Bertz CT molecular complexity index is 4040. The molecule has 296 valence electrons. The van der Waals surface area contributed by atoms with Crippen molar-refractivity contribution in [3.8, 4) is 67.0 Å². The van der Waals surface area contributed by atoms with Crippen LogP contribution in [0.25, 0.3) is 132 Å². The fourth-order valence-corrected chi connectivity index (χ4v) is 11.1. The lowest BCUT2D eigenvalue weighted by atomic mass is 9.89. The summed E-state index contributed by atoms with van der Waals surface area (Å²) in [5, 5.41) is 10.1. The minimum atomic E-state index is 1.14. The Morgan fingerprint density at radius 2 is 0.766 bits per heavy atom. The zero-order valence-electron chi connectivity index (χ0n) is 34.8. The molecule has 0 aliphatic heterocycles. The van der Waals surface area contributed by atoms with Gasteiger partial charge in [0.25, 0.3) is 0 Å². The lowest BCUT2D eigenvalue weighted by Gasteiger charge is -2.16. The number of hydrogen-bond acceptors (Lipinski definition) is 0. The van der Waals surface area contributed by atoms with Crippen molar-refractivity contribution in [3.05, 3.63) is 231 Å². The van der Waals surface area contributed by atoms with E-state index in [-0.39, 0.29) is 0 Å². The number of nitrogens with zero attached hydrogens (tertiary/aromatic N) is 2. The summed E-state index contributed by atoms with van der Waals surface area (Å²) in [5.41, 5.74) is 19.7. The summed E-state index contributed by atoms with van der Waals surface area (Å²) in [5.74, 6) is 0. The van der Waals surface area contributed by atoms with E-state index in [1.165, 1.54) is 121 Å². The van der Waals surface area contributed by atoms with Gasteiger partial charge < -0.3 is 9.13 Å². The summed E-state index contributed by atoms with van der Waals surface area (Å²) in [4.78, 5) is 0. The normalized spacial score (nSPS) is 12.1. The van der Waals surface area contributed by atoms with Crippen molar-refractivity contribution in [2.75, 3.05) is 0 Å². The van der Waals surface area contributed by atoms with E-state index in [9.17, 15) is 0 Å². The van der Waals surface area contributed by atoms with Crippen molar-refractivity contribution in [1.82, 2.24) is 9.13 Å². The van der Waals surface area contributed by atoms with Crippen molar-refractivity contribution in [3.63, 3.8) is 0 Å². The molecule has 2 heterocycles. The van der Waals surface area contributed by atoms with Gasteiger partial charge in [-0.25, -0.2) is 0 Å². The van der Waals surface area contributed by atoms with E-state index in [1.54, 1.807) is 0 Å². The Morgan fingerprint density at radius 1 is 0.234 bits per heavy atom. The summed E-state index contributed by atoms with van der Waals surface area (Å²) in [6.07, 6.45) is 0. The first-order valence-corrected chi connectivity index (χ1v) is 22.2. The molecule has 0 atom stereocenters. The molecule has 2 heteroatoms. The van der Waals surface area contributed by atoms with E-state index < -0.39 is 0 Å². The van der Waals surface area contributed by atoms with Gasteiger partial charge in [0.05, 0.1) is 22.1 Å². The van der Waals surface area contributed by atoms with E-state index in [4.69, 9.17) is 0 Å². The molecule has 13 aromatic rings. The monoisotopic (exact) mass is 810 g/mol. The van der Waals surface area contributed by atoms with Crippen molar-refractivity contribution in [2.24, 2.45) is 0 Å². The van der Waals surface area contributed by atoms with Gasteiger partial charge in [0.1, 0.15) is 0 Å². The van der Waals surface area contributed by atoms with Gasteiger partial charge in [-0.1, -0.05) is 188 Å². The Morgan fingerprint density at radius 3 is 1.56 bits per heavy atom. The van der Waals surface area contributed by atoms with Crippen LogP contribution in [-0.4, -0.2) is 9.13 Å². The first kappa shape index (κ1) is 35.2. The van der Waals surface area contributed by atoms with Crippen LogP contribution in [-0.2, 0) is 0 Å². The highest BCUT2D eigenvalue weighted by molar-refractivity contribution is 6.21.